The van der Waals surface area contributed by atoms with Crippen LogP contribution < -0.4 is 5.73 Å². The van der Waals surface area contributed by atoms with Crippen molar-refractivity contribution >= 4 is 28.9 Å². The lowest BCUT2D eigenvalue weighted by Gasteiger charge is -2.11. The second-order valence-electron chi connectivity index (χ2n) is 7.02. The molecule has 3 aromatic rings. The molecule has 0 atom stereocenters. The number of primary amides is 1. The first kappa shape index (κ1) is 18.3. The van der Waals surface area contributed by atoms with Gasteiger partial charge in [-0.25, -0.2) is 0 Å². The highest BCUT2D eigenvalue weighted by atomic mass is 32.1. The topological polar surface area (TPSA) is 80.0 Å². The van der Waals surface area contributed by atoms with Crippen molar-refractivity contribution in [2.24, 2.45) is 5.73 Å². The predicted molar refractivity (Wildman–Crippen MR) is 112 cm³/mol. The van der Waals surface area contributed by atoms with Gasteiger partial charge < -0.3 is 10.2 Å². The zero-order valence-corrected chi connectivity index (χ0v) is 16.4. The zero-order chi connectivity index (χ0) is 19.7. The number of rotatable bonds is 4. The third-order valence-electron chi connectivity index (χ3n) is 5.00. The van der Waals surface area contributed by atoms with E-state index in [4.69, 9.17) is 10.2 Å². The maximum atomic E-state index is 12.1. The van der Waals surface area contributed by atoms with Gasteiger partial charge in [0.25, 0.3) is 5.91 Å². The summed E-state index contributed by atoms with van der Waals surface area (Å²) in [7, 11) is 0. The van der Waals surface area contributed by atoms with Crippen LogP contribution in [0, 0.1) is 18.3 Å². The van der Waals surface area contributed by atoms with Crippen LogP contribution in [0.4, 0.5) is 0 Å². The number of carbonyl (C=O) groups excluding carboxylic acids is 1. The first-order valence-corrected chi connectivity index (χ1v) is 10.1. The summed E-state index contributed by atoms with van der Waals surface area (Å²) < 4.78 is 5.94. The van der Waals surface area contributed by atoms with Gasteiger partial charge in [-0.1, -0.05) is 23.8 Å². The number of allylic oxidation sites excluding steroid dienone is 1. The fraction of sp³-hybridized carbons (Fsp3) is 0.217. The van der Waals surface area contributed by atoms with Crippen molar-refractivity contribution in [3.05, 3.63) is 68.6 Å². The van der Waals surface area contributed by atoms with E-state index < -0.39 is 5.91 Å². The average molecular weight is 388 g/mol. The van der Waals surface area contributed by atoms with Gasteiger partial charge in [-0.3, -0.25) is 4.79 Å². The Morgan fingerprint density at radius 2 is 2.07 bits per heavy atom. The van der Waals surface area contributed by atoms with Crippen LogP contribution in [0.1, 0.15) is 49.8 Å². The third kappa shape index (κ3) is 3.39. The largest absolute Gasteiger partial charge is 0.457 e. The van der Waals surface area contributed by atoms with E-state index in [2.05, 4.69) is 12.1 Å². The van der Waals surface area contributed by atoms with Crippen LogP contribution in [0.3, 0.4) is 0 Å². The van der Waals surface area contributed by atoms with Crippen molar-refractivity contribution in [1.29, 1.82) is 5.26 Å². The molecule has 2 N–H and O–H groups in total. The number of hydrogen-bond donors (Lipinski definition) is 1. The lowest BCUT2D eigenvalue weighted by atomic mass is 9.93. The third-order valence-corrected chi connectivity index (χ3v) is 6.32. The number of hydrogen-bond acceptors (Lipinski definition) is 4. The van der Waals surface area contributed by atoms with Gasteiger partial charge in [-0.15, -0.1) is 11.3 Å². The smallest absolute Gasteiger partial charge is 0.250 e. The highest BCUT2D eigenvalue weighted by Gasteiger charge is 2.25. The van der Waals surface area contributed by atoms with Crippen molar-refractivity contribution in [2.45, 2.75) is 32.6 Å². The molecule has 2 aromatic heterocycles. The molecule has 1 aromatic carbocycles. The summed E-state index contributed by atoms with van der Waals surface area (Å²) in [6.45, 7) is 2.03. The summed E-state index contributed by atoms with van der Waals surface area (Å²) in [5.41, 5.74) is 9.77. The Labute approximate surface area is 167 Å². The van der Waals surface area contributed by atoms with E-state index in [9.17, 15) is 10.1 Å². The molecule has 0 radical (unpaired) electrons. The summed E-state index contributed by atoms with van der Waals surface area (Å²) in [5, 5.41) is 9.76. The minimum absolute atomic E-state index is 0.415. The molecular formula is C23H20N2O2S. The van der Waals surface area contributed by atoms with E-state index in [1.807, 2.05) is 37.3 Å². The van der Waals surface area contributed by atoms with Gasteiger partial charge in [-0.05, 0) is 56.4 Å². The van der Waals surface area contributed by atoms with Gasteiger partial charge in [0.2, 0.25) is 0 Å². The molecule has 0 saturated heterocycles. The fourth-order valence-corrected chi connectivity index (χ4v) is 5.05. The van der Waals surface area contributed by atoms with Crippen molar-refractivity contribution in [3.63, 3.8) is 0 Å². The highest BCUT2D eigenvalue weighted by molar-refractivity contribution is 7.13. The monoisotopic (exact) mass is 388 g/mol. The van der Waals surface area contributed by atoms with E-state index in [1.54, 1.807) is 6.08 Å². The molecule has 0 fully saturated rings. The Balaban J connectivity index is 1.75. The Kier molecular flexibility index (Phi) is 4.89. The van der Waals surface area contributed by atoms with Crippen LogP contribution in [-0.4, -0.2) is 5.91 Å². The quantitative estimate of drug-likeness (QED) is 0.611. The maximum Gasteiger partial charge on any atom is 0.250 e. The first-order chi connectivity index (χ1) is 13.6. The van der Waals surface area contributed by atoms with Gasteiger partial charge in [0.15, 0.2) is 0 Å². The number of carbonyl (C=O) groups is 1. The van der Waals surface area contributed by atoms with Gasteiger partial charge >= 0.3 is 0 Å². The molecule has 140 valence electrons. The minimum atomic E-state index is -0.463. The number of nitrogens with two attached hydrogens (primary N) is 1. The lowest BCUT2D eigenvalue weighted by molar-refractivity contribution is 0.0999. The average Bonchev–Trinajstić information content (AvgIpc) is 3.30. The van der Waals surface area contributed by atoms with Crippen molar-refractivity contribution < 1.29 is 9.21 Å². The molecule has 1 amide bonds. The standard InChI is InChI=1S/C23H20N2O2S/c1-14-5-4-6-15(11-14)19-10-9-17(27-19)12-16(13-24)22-21(23(25)26)18-7-2-3-8-20(18)28-22/h4-6,9-12H,2-3,7-8H2,1H3,(H2,25,26). The number of aryl methyl sites for hydroxylation is 2. The fourth-order valence-electron chi connectivity index (χ4n) is 3.69. The van der Waals surface area contributed by atoms with E-state index in [1.165, 1.54) is 16.2 Å². The van der Waals surface area contributed by atoms with E-state index in [-0.39, 0.29) is 0 Å². The van der Waals surface area contributed by atoms with E-state index >= 15 is 0 Å². The van der Waals surface area contributed by atoms with Crippen LogP contribution in [0.5, 0.6) is 0 Å². The SMILES string of the molecule is Cc1cccc(-c2ccc(C=C(C#N)c3sc4c(c3C(N)=O)CCCC4)o2)c1. The lowest BCUT2D eigenvalue weighted by Crippen LogP contribution is -2.15. The second-order valence-corrected chi connectivity index (χ2v) is 8.13. The molecule has 0 saturated carbocycles. The Bertz CT molecular complexity index is 1130. The molecule has 4 nitrogen and oxygen atoms in total. The molecule has 4 rings (SSSR count). The first-order valence-electron chi connectivity index (χ1n) is 9.30. The summed E-state index contributed by atoms with van der Waals surface area (Å²) >= 11 is 1.51. The number of fused-ring (bicyclic) bond motifs is 1. The second kappa shape index (κ2) is 7.49. The van der Waals surface area contributed by atoms with Gasteiger partial charge in [0, 0.05) is 16.5 Å². The van der Waals surface area contributed by atoms with Crippen LogP contribution in [0.15, 0.2) is 40.8 Å². The van der Waals surface area contributed by atoms with Crippen LogP contribution >= 0.6 is 11.3 Å². The van der Waals surface area contributed by atoms with Crippen molar-refractivity contribution in [3.8, 4) is 17.4 Å². The highest BCUT2D eigenvalue weighted by Crippen LogP contribution is 2.38. The van der Waals surface area contributed by atoms with Gasteiger partial charge in [0.1, 0.15) is 17.6 Å². The molecular weight excluding hydrogens is 368 g/mol. The number of benzene rings is 1. The molecule has 1 aliphatic carbocycles. The summed E-state index contributed by atoms with van der Waals surface area (Å²) in [5.74, 6) is 0.859. The molecule has 1 aliphatic rings. The summed E-state index contributed by atoms with van der Waals surface area (Å²) in [6, 6.07) is 14.0. The summed E-state index contributed by atoms with van der Waals surface area (Å²) in [6.07, 6.45) is 5.64. The number of amides is 1. The Morgan fingerprint density at radius 3 is 2.82 bits per heavy atom. The van der Waals surface area contributed by atoms with Gasteiger partial charge in [0.05, 0.1) is 16.0 Å². The number of nitrogens with zero attached hydrogens (tertiary/aromatic N) is 1. The molecule has 0 bridgehead atoms. The maximum absolute atomic E-state index is 12.1. The predicted octanol–water partition coefficient (Wildman–Crippen LogP) is 5.36. The Morgan fingerprint density at radius 1 is 1.25 bits per heavy atom. The van der Waals surface area contributed by atoms with E-state index in [0.717, 1.165) is 48.1 Å². The zero-order valence-electron chi connectivity index (χ0n) is 15.6. The normalized spacial score (nSPS) is 13.8. The van der Waals surface area contributed by atoms with E-state index in [0.29, 0.717) is 21.8 Å². The Hall–Kier alpha value is -3.10. The van der Waals surface area contributed by atoms with Crippen LogP contribution in [-0.2, 0) is 12.8 Å². The minimum Gasteiger partial charge on any atom is -0.457 e. The van der Waals surface area contributed by atoms with Crippen molar-refractivity contribution in [2.75, 3.05) is 0 Å². The molecule has 0 spiro atoms. The number of nitriles is 1. The molecule has 5 heteroatoms. The van der Waals surface area contributed by atoms with Gasteiger partial charge in [-0.2, -0.15) is 5.26 Å². The van der Waals surface area contributed by atoms with Crippen LogP contribution in [0.2, 0.25) is 0 Å². The van der Waals surface area contributed by atoms with Crippen LogP contribution in [0.25, 0.3) is 23.0 Å². The molecule has 0 aliphatic heterocycles. The summed E-state index contributed by atoms with van der Waals surface area (Å²) in [4.78, 5) is 14.0. The molecule has 2 heterocycles. The number of furan rings is 1. The molecule has 0 unspecified atom stereocenters. The number of thiophene rings is 1. The molecule has 28 heavy (non-hydrogen) atoms. The van der Waals surface area contributed by atoms with Crippen molar-refractivity contribution in [1.82, 2.24) is 0 Å².